The molecule has 1 aliphatic rings. The van der Waals surface area contributed by atoms with Gasteiger partial charge in [0.25, 0.3) is 0 Å². The first-order valence-electron chi connectivity index (χ1n) is 5.77. The van der Waals surface area contributed by atoms with Crippen LogP contribution in [0.2, 0.25) is 0 Å². The summed E-state index contributed by atoms with van der Waals surface area (Å²) < 4.78 is 5.14. The van der Waals surface area contributed by atoms with E-state index in [4.69, 9.17) is 0 Å². The molecule has 1 aromatic rings. The van der Waals surface area contributed by atoms with Crippen LogP contribution in [0.5, 0.6) is 0 Å². The minimum atomic E-state index is 0.325. The van der Waals surface area contributed by atoms with E-state index in [0.717, 1.165) is 29.4 Å². The SMILES string of the molecule is CCc1nsc(SCC(=O)C2CCCC2)n1. The molecule has 0 bridgehead atoms. The Morgan fingerprint density at radius 2 is 2.25 bits per heavy atom. The Balaban J connectivity index is 1.80. The number of aryl methyl sites for hydroxylation is 1. The third-order valence-corrected chi connectivity index (χ3v) is 4.81. The van der Waals surface area contributed by atoms with Crippen LogP contribution in [0.15, 0.2) is 4.34 Å². The van der Waals surface area contributed by atoms with Crippen LogP contribution < -0.4 is 0 Å². The van der Waals surface area contributed by atoms with E-state index < -0.39 is 0 Å². The van der Waals surface area contributed by atoms with Gasteiger partial charge in [0.1, 0.15) is 11.6 Å². The number of ketones is 1. The predicted molar refractivity (Wildman–Crippen MR) is 67.0 cm³/mol. The minimum Gasteiger partial charge on any atom is -0.298 e. The van der Waals surface area contributed by atoms with Gasteiger partial charge in [-0.3, -0.25) is 4.79 Å². The summed E-state index contributed by atoms with van der Waals surface area (Å²) in [6.07, 6.45) is 5.50. The maximum Gasteiger partial charge on any atom is 0.170 e. The summed E-state index contributed by atoms with van der Waals surface area (Å²) >= 11 is 2.96. The molecule has 0 atom stereocenters. The van der Waals surface area contributed by atoms with Gasteiger partial charge in [-0.25, -0.2) is 4.98 Å². The van der Waals surface area contributed by atoms with E-state index in [-0.39, 0.29) is 0 Å². The number of thioether (sulfide) groups is 1. The summed E-state index contributed by atoms with van der Waals surface area (Å²) in [5, 5.41) is 0. The molecule has 0 aromatic carbocycles. The molecule has 16 heavy (non-hydrogen) atoms. The highest BCUT2D eigenvalue weighted by Gasteiger charge is 2.22. The fourth-order valence-electron chi connectivity index (χ4n) is 1.94. The van der Waals surface area contributed by atoms with Crippen LogP contribution in [-0.4, -0.2) is 20.9 Å². The Morgan fingerprint density at radius 3 is 2.88 bits per heavy atom. The maximum atomic E-state index is 11.8. The molecule has 0 unspecified atom stereocenters. The lowest BCUT2D eigenvalue weighted by Crippen LogP contribution is -2.12. The molecule has 1 aliphatic carbocycles. The van der Waals surface area contributed by atoms with Crippen molar-refractivity contribution in [2.24, 2.45) is 5.92 Å². The van der Waals surface area contributed by atoms with Gasteiger partial charge in [0.05, 0.1) is 5.75 Å². The number of hydrogen-bond acceptors (Lipinski definition) is 5. The normalized spacial score (nSPS) is 16.8. The highest BCUT2D eigenvalue weighted by molar-refractivity contribution is 8.01. The summed E-state index contributed by atoms with van der Waals surface area (Å²) in [6.45, 7) is 2.04. The van der Waals surface area contributed by atoms with E-state index >= 15 is 0 Å². The second-order valence-corrected chi connectivity index (χ2v) is 6.04. The summed E-state index contributed by atoms with van der Waals surface area (Å²) in [5.74, 6) is 2.19. The summed E-state index contributed by atoms with van der Waals surface area (Å²) in [6, 6.07) is 0. The number of hydrogen-bond donors (Lipinski definition) is 0. The number of carbonyl (C=O) groups is 1. The van der Waals surface area contributed by atoms with Crippen LogP contribution in [0, 0.1) is 5.92 Å². The number of Topliss-reactive ketones (excluding diaryl/α,β-unsaturated/α-hetero) is 1. The highest BCUT2D eigenvalue weighted by Crippen LogP contribution is 2.28. The van der Waals surface area contributed by atoms with E-state index in [2.05, 4.69) is 9.36 Å². The van der Waals surface area contributed by atoms with Crippen LogP contribution in [-0.2, 0) is 11.2 Å². The van der Waals surface area contributed by atoms with Crippen molar-refractivity contribution in [3.63, 3.8) is 0 Å². The summed E-state index contributed by atoms with van der Waals surface area (Å²) in [4.78, 5) is 16.2. The van der Waals surface area contributed by atoms with Crippen LogP contribution in [0.3, 0.4) is 0 Å². The van der Waals surface area contributed by atoms with Crippen LogP contribution in [0.4, 0.5) is 0 Å². The van der Waals surface area contributed by atoms with Crippen LogP contribution >= 0.6 is 23.3 Å². The molecular weight excluding hydrogens is 240 g/mol. The number of nitrogens with zero attached hydrogens (tertiary/aromatic N) is 2. The van der Waals surface area contributed by atoms with Crippen molar-refractivity contribution in [1.82, 2.24) is 9.36 Å². The summed E-state index contributed by atoms with van der Waals surface area (Å²) in [7, 11) is 0. The standard InChI is InChI=1S/C11H16N2OS2/c1-2-10-12-11(16-13-10)15-7-9(14)8-5-3-4-6-8/h8H,2-7H2,1H3. The molecule has 0 N–H and O–H groups in total. The zero-order chi connectivity index (χ0) is 11.4. The first-order valence-corrected chi connectivity index (χ1v) is 7.53. The Morgan fingerprint density at radius 1 is 1.50 bits per heavy atom. The Labute approximate surface area is 104 Å². The lowest BCUT2D eigenvalue weighted by Gasteiger charge is -2.05. The monoisotopic (exact) mass is 256 g/mol. The molecule has 0 saturated heterocycles. The maximum absolute atomic E-state index is 11.8. The molecule has 0 radical (unpaired) electrons. The van der Waals surface area contributed by atoms with E-state index in [0.29, 0.717) is 17.5 Å². The fraction of sp³-hybridized carbons (Fsp3) is 0.727. The van der Waals surface area contributed by atoms with Gasteiger partial charge in [0.2, 0.25) is 0 Å². The lowest BCUT2D eigenvalue weighted by molar-refractivity contribution is -0.120. The molecular formula is C11H16N2OS2. The zero-order valence-corrected chi connectivity index (χ0v) is 11.1. The van der Waals surface area contributed by atoms with Crippen molar-refractivity contribution in [2.45, 2.75) is 43.4 Å². The molecule has 88 valence electrons. The Hall–Kier alpha value is -0.420. The number of aromatic nitrogens is 2. The van der Waals surface area contributed by atoms with Gasteiger partial charge < -0.3 is 0 Å². The molecule has 0 spiro atoms. The van der Waals surface area contributed by atoms with Gasteiger partial charge in [-0.05, 0) is 24.4 Å². The van der Waals surface area contributed by atoms with E-state index in [9.17, 15) is 4.79 Å². The van der Waals surface area contributed by atoms with Gasteiger partial charge in [0, 0.05) is 12.3 Å². The van der Waals surface area contributed by atoms with Crippen molar-refractivity contribution in [3.05, 3.63) is 5.82 Å². The van der Waals surface area contributed by atoms with Crippen molar-refractivity contribution in [3.8, 4) is 0 Å². The first-order chi connectivity index (χ1) is 7.79. The second-order valence-electron chi connectivity index (χ2n) is 4.07. The van der Waals surface area contributed by atoms with Crippen LogP contribution in [0.1, 0.15) is 38.4 Å². The van der Waals surface area contributed by atoms with Crippen LogP contribution in [0.25, 0.3) is 0 Å². The Bertz CT molecular complexity index is 359. The number of rotatable bonds is 5. The molecule has 3 nitrogen and oxygen atoms in total. The van der Waals surface area contributed by atoms with Crippen molar-refractivity contribution in [2.75, 3.05) is 5.75 Å². The van der Waals surface area contributed by atoms with E-state index in [1.165, 1.54) is 24.4 Å². The quantitative estimate of drug-likeness (QED) is 0.760. The first kappa shape index (κ1) is 12.0. The molecule has 0 amide bonds. The molecule has 5 heteroatoms. The smallest absolute Gasteiger partial charge is 0.170 e. The van der Waals surface area contributed by atoms with Gasteiger partial charge in [-0.15, -0.1) is 0 Å². The van der Waals surface area contributed by atoms with Gasteiger partial charge in [-0.2, -0.15) is 4.37 Å². The van der Waals surface area contributed by atoms with Gasteiger partial charge >= 0.3 is 0 Å². The molecule has 2 rings (SSSR count). The highest BCUT2D eigenvalue weighted by atomic mass is 32.2. The fourth-order valence-corrected chi connectivity index (χ4v) is 3.61. The van der Waals surface area contributed by atoms with Gasteiger partial charge in [0.15, 0.2) is 4.34 Å². The molecule has 1 heterocycles. The molecule has 1 aromatic heterocycles. The third kappa shape index (κ3) is 3.04. The van der Waals surface area contributed by atoms with Crippen molar-refractivity contribution in [1.29, 1.82) is 0 Å². The average molecular weight is 256 g/mol. The average Bonchev–Trinajstić information content (AvgIpc) is 2.96. The molecule has 0 aliphatic heterocycles. The van der Waals surface area contributed by atoms with Crippen molar-refractivity contribution >= 4 is 29.1 Å². The Kier molecular flexibility index (Phi) is 4.35. The second kappa shape index (κ2) is 5.77. The minimum absolute atomic E-state index is 0.325. The van der Waals surface area contributed by atoms with E-state index in [1.54, 1.807) is 11.8 Å². The predicted octanol–water partition coefficient (Wildman–Crippen LogP) is 2.95. The van der Waals surface area contributed by atoms with E-state index in [1.807, 2.05) is 6.92 Å². The van der Waals surface area contributed by atoms with Gasteiger partial charge in [-0.1, -0.05) is 31.5 Å². The topological polar surface area (TPSA) is 42.9 Å². The third-order valence-electron chi connectivity index (χ3n) is 2.91. The summed E-state index contributed by atoms with van der Waals surface area (Å²) in [5.41, 5.74) is 0. The molecule has 1 saturated carbocycles. The largest absolute Gasteiger partial charge is 0.298 e. The van der Waals surface area contributed by atoms with Crippen molar-refractivity contribution < 1.29 is 4.79 Å². The molecule has 1 fully saturated rings. The number of carbonyl (C=O) groups excluding carboxylic acids is 1. The zero-order valence-electron chi connectivity index (χ0n) is 9.44. The lowest BCUT2D eigenvalue weighted by atomic mass is 10.0.